The number of rotatable bonds is 3. The van der Waals surface area contributed by atoms with Gasteiger partial charge in [-0.05, 0) is 37.0 Å². The third-order valence-corrected chi connectivity index (χ3v) is 3.92. The summed E-state index contributed by atoms with van der Waals surface area (Å²) in [5, 5.41) is 8.89. The van der Waals surface area contributed by atoms with Gasteiger partial charge in [-0.15, -0.1) is 0 Å². The lowest BCUT2D eigenvalue weighted by atomic mass is 9.86. The fourth-order valence-electron chi connectivity index (χ4n) is 2.70. The largest absolute Gasteiger partial charge is 0.315 e. The molecule has 1 saturated carbocycles. The van der Waals surface area contributed by atoms with Crippen LogP contribution >= 0.6 is 0 Å². The van der Waals surface area contributed by atoms with E-state index in [2.05, 4.69) is 6.07 Å². The first-order chi connectivity index (χ1) is 9.20. The van der Waals surface area contributed by atoms with Crippen LogP contribution in [0.15, 0.2) is 24.3 Å². The minimum Gasteiger partial charge on any atom is -0.315 e. The number of carbonyl (C=O) groups excluding carboxylic acids is 1. The number of hydrogen-bond donors (Lipinski definition) is 0. The Kier molecular flexibility index (Phi) is 4.57. The molecule has 0 aromatic heterocycles. The first-order valence-corrected chi connectivity index (χ1v) is 6.97. The summed E-state index contributed by atoms with van der Waals surface area (Å²) in [5.74, 6) is 0.699. The zero-order valence-electron chi connectivity index (χ0n) is 11.4. The lowest BCUT2D eigenvalue weighted by Gasteiger charge is -2.24. The molecule has 0 N–H and O–H groups in total. The van der Waals surface area contributed by atoms with Crippen LogP contribution in [0.2, 0.25) is 0 Å². The van der Waals surface area contributed by atoms with Crippen LogP contribution in [0, 0.1) is 17.2 Å². The highest BCUT2D eigenvalue weighted by molar-refractivity contribution is 5.93. The highest BCUT2D eigenvalue weighted by Gasteiger charge is 2.20. The third-order valence-electron chi connectivity index (χ3n) is 3.92. The van der Waals surface area contributed by atoms with Gasteiger partial charge in [0.1, 0.15) is 0 Å². The first-order valence-electron chi connectivity index (χ1n) is 6.97. The Labute approximate surface area is 114 Å². The number of carbonyl (C=O) groups is 1. The molecule has 100 valence electrons. The Balaban J connectivity index is 1.99. The lowest BCUT2D eigenvalue weighted by molar-refractivity contribution is -0.119. The zero-order chi connectivity index (χ0) is 13.7. The van der Waals surface area contributed by atoms with Crippen molar-refractivity contribution in [2.75, 3.05) is 11.9 Å². The summed E-state index contributed by atoms with van der Waals surface area (Å²) in [6.45, 7) is 0. The summed E-state index contributed by atoms with van der Waals surface area (Å²) in [6.07, 6.45) is 6.81. The summed E-state index contributed by atoms with van der Waals surface area (Å²) in [7, 11) is 1.79. The van der Waals surface area contributed by atoms with E-state index in [1.54, 1.807) is 24.1 Å². The molecule has 1 aromatic rings. The average Bonchev–Trinajstić information content (AvgIpc) is 2.47. The molecule has 19 heavy (non-hydrogen) atoms. The predicted molar refractivity (Wildman–Crippen MR) is 75.8 cm³/mol. The van der Waals surface area contributed by atoms with Crippen molar-refractivity contribution in [1.29, 1.82) is 5.26 Å². The summed E-state index contributed by atoms with van der Waals surface area (Å²) in [6, 6.07) is 9.31. The second-order valence-corrected chi connectivity index (χ2v) is 5.32. The molecule has 1 aliphatic rings. The molecule has 0 atom stereocenters. The van der Waals surface area contributed by atoms with E-state index in [1.807, 2.05) is 12.1 Å². The lowest BCUT2D eigenvalue weighted by Crippen LogP contribution is -2.28. The van der Waals surface area contributed by atoms with Gasteiger partial charge in [-0.3, -0.25) is 4.79 Å². The molecule has 1 fully saturated rings. The molecular weight excluding hydrogens is 236 g/mol. The normalized spacial score (nSPS) is 15.8. The van der Waals surface area contributed by atoms with Crippen molar-refractivity contribution in [2.24, 2.45) is 5.92 Å². The van der Waals surface area contributed by atoms with Gasteiger partial charge in [0.05, 0.1) is 11.6 Å². The van der Waals surface area contributed by atoms with Crippen molar-refractivity contribution in [1.82, 2.24) is 0 Å². The summed E-state index contributed by atoms with van der Waals surface area (Å²) >= 11 is 0. The van der Waals surface area contributed by atoms with E-state index >= 15 is 0 Å². The molecule has 3 heteroatoms. The molecule has 1 aliphatic carbocycles. The van der Waals surface area contributed by atoms with Gasteiger partial charge in [0.25, 0.3) is 0 Å². The van der Waals surface area contributed by atoms with Gasteiger partial charge in [0.15, 0.2) is 0 Å². The second-order valence-electron chi connectivity index (χ2n) is 5.32. The van der Waals surface area contributed by atoms with E-state index in [1.165, 1.54) is 32.1 Å². The monoisotopic (exact) mass is 256 g/mol. The molecular formula is C16H20N2O. The minimum absolute atomic E-state index is 0.155. The molecule has 0 radical (unpaired) electrons. The van der Waals surface area contributed by atoms with Gasteiger partial charge >= 0.3 is 0 Å². The van der Waals surface area contributed by atoms with E-state index in [0.29, 0.717) is 17.9 Å². The van der Waals surface area contributed by atoms with Crippen LogP contribution in [0.4, 0.5) is 5.69 Å². The maximum atomic E-state index is 12.3. The zero-order valence-corrected chi connectivity index (χ0v) is 11.4. The summed E-state index contributed by atoms with van der Waals surface area (Å²) in [5.41, 5.74) is 1.40. The van der Waals surface area contributed by atoms with Gasteiger partial charge in [0, 0.05) is 19.2 Å². The van der Waals surface area contributed by atoms with Crippen molar-refractivity contribution in [3.8, 4) is 6.07 Å². The molecule has 2 rings (SSSR count). The average molecular weight is 256 g/mol. The molecule has 3 nitrogen and oxygen atoms in total. The molecule has 0 saturated heterocycles. The van der Waals surface area contributed by atoms with Crippen LogP contribution < -0.4 is 4.90 Å². The Morgan fingerprint density at radius 1 is 1.37 bits per heavy atom. The quantitative estimate of drug-likeness (QED) is 0.831. The van der Waals surface area contributed by atoms with E-state index in [4.69, 9.17) is 5.26 Å². The first kappa shape index (κ1) is 13.6. The van der Waals surface area contributed by atoms with Gasteiger partial charge in [-0.25, -0.2) is 0 Å². The number of hydrogen-bond acceptors (Lipinski definition) is 2. The van der Waals surface area contributed by atoms with E-state index in [9.17, 15) is 4.79 Å². The van der Waals surface area contributed by atoms with Gasteiger partial charge in [-0.2, -0.15) is 5.26 Å². The number of benzene rings is 1. The number of amides is 1. The molecule has 0 spiro atoms. The molecule has 1 amide bonds. The van der Waals surface area contributed by atoms with E-state index in [0.717, 1.165) is 5.69 Å². The van der Waals surface area contributed by atoms with Crippen LogP contribution in [0.3, 0.4) is 0 Å². The van der Waals surface area contributed by atoms with Gasteiger partial charge in [-0.1, -0.05) is 25.3 Å². The fourth-order valence-corrected chi connectivity index (χ4v) is 2.70. The molecule has 0 heterocycles. The van der Waals surface area contributed by atoms with Crippen molar-refractivity contribution in [2.45, 2.75) is 38.5 Å². The Hall–Kier alpha value is -1.82. The molecule has 0 aliphatic heterocycles. The number of anilines is 1. The summed E-state index contributed by atoms with van der Waals surface area (Å²) < 4.78 is 0. The SMILES string of the molecule is CN(C(=O)CC1CCCCC1)c1cccc(C#N)c1. The van der Waals surface area contributed by atoms with Crippen LogP contribution in [0.1, 0.15) is 44.1 Å². The number of nitriles is 1. The van der Waals surface area contributed by atoms with E-state index in [-0.39, 0.29) is 5.91 Å². The number of nitrogens with zero attached hydrogens (tertiary/aromatic N) is 2. The topological polar surface area (TPSA) is 44.1 Å². The fraction of sp³-hybridized carbons (Fsp3) is 0.500. The molecule has 0 bridgehead atoms. The standard InChI is InChI=1S/C16H20N2O/c1-18(15-9-5-8-14(10-15)12-17)16(19)11-13-6-3-2-4-7-13/h5,8-10,13H,2-4,6-7,11H2,1H3. The Bertz CT molecular complexity index is 484. The van der Waals surface area contributed by atoms with Crippen LogP contribution in [-0.2, 0) is 4.79 Å². The predicted octanol–water partition coefficient (Wildman–Crippen LogP) is 3.49. The second kappa shape index (κ2) is 6.38. The van der Waals surface area contributed by atoms with Crippen molar-refractivity contribution >= 4 is 11.6 Å². The summed E-state index contributed by atoms with van der Waals surface area (Å²) in [4.78, 5) is 13.9. The maximum absolute atomic E-state index is 12.3. The van der Waals surface area contributed by atoms with Crippen molar-refractivity contribution in [3.05, 3.63) is 29.8 Å². The maximum Gasteiger partial charge on any atom is 0.226 e. The molecule has 0 unspecified atom stereocenters. The third kappa shape index (κ3) is 3.57. The van der Waals surface area contributed by atoms with Crippen molar-refractivity contribution < 1.29 is 4.79 Å². The Morgan fingerprint density at radius 3 is 2.79 bits per heavy atom. The smallest absolute Gasteiger partial charge is 0.226 e. The Morgan fingerprint density at radius 2 is 2.11 bits per heavy atom. The minimum atomic E-state index is 0.155. The van der Waals surface area contributed by atoms with Crippen LogP contribution in [0.5, 0.6) is 0 Å². The van der Waals surface area contributed by atoms with Crippen molar-refractivity contribution in [3.63, 3.8) is 0 Å². The highest BCUT2D eigenvalue weighted by Crippen LogP contribution is 2.27. The van der Waals surface area contributed by atoms with Gasteiger partial charge in [0.2, 0.25) is 5.91 Å². The van der Waals surface area contributed by atoms with Gasteiger partial charge < -0.3 is 4.90 Å². The van der Waals surface area contributed by atoms with Crippen LogP contribution in [0.25, 0.3) is 0 Å². The van der Waals surface area contributed by atoms with E-state index < -0.39 is 0 Å². The highest BCUT2D eigenvalue weighted by atomic mass is 16.2. The van der Waals surface area contributed by atoms with Crippen LogP contribution in [-0.4, -0.2) is 13.0 Å². The molecule has 1 aromatic carbocycles.